The van der Waals surface area contributed by atoms with Crippen LogP contribution in [-0.4, -0.2) is 70.6 Å². The summed E-state index contributed by atoms with van der Waals surface area (Å²) in [5.74, 6) is -4.51. The van der Waals surface area contributed by atoms with Gasteiger partial charge in [0.15, 0.2) is 0 Å². The lowest BCUT2D eigenvalue weighted by Gasteiger charge is -2.37. The van der Waals surface area contributed by atoms with Crippen LogP contribution < -0.4 is 16.6 Å². The fourth-order valence-electron chi connectivity index (χ4n) is 7.15. The second-order valence-electron chi connectivity index (χ2n) is 12.7. The Morgan fingerprint density at radius 3 is 2.62 bits per heavy atom. The zero-order chi connectivity index (χ0) is 33.8. The van der Waals surface area contributed by atoms with Crippen LogP contribution in [0.4, 0.5) is 0 Å². The number of carbonyl (C=O) groups excluding carboxylic acids is 4. The maximum Gasteiger partial charge on any atom is 0.355 e. The van der Waals surface area contributed by atoms with Crippen molar-refractivity contribution in [1.82, 2.24) is 19.8 Å². The van der Waals surface area contributed by atoms with Crippen molar-refractivity contribution in [3.63, 3.8) is 0 Å². The monoisotopic (exact) mass is 639 g/mol. The number of hydrogen-bond acceptors (Lipinski definition) is 9. The van der Waals surface area contributed by atoms with Crippen LogP contribution in [-0.2, 0) is 53.8 Å². The Balaban J connectivity index is 1.37. The van der Waals surface area contributed by atoms with Crippen LogP contribution >= 0.6 is 0 Å². The van der Waals surface area contributed by atoms with Gasteiger partial charge in [0.2, 0.25) is 17.4 Å². The van der Waals surface area contributed by atoms with Crippen molar-refractivity contribution in [2.45, 2.75) is 90.2 Å². The summed E-state index contributed by atoms with van der Waals surface area (Å²) < 4.78 is 13.2. The fourth-order valence-corrected chi connectivity index (χ4v) is 7.15. The molecule has 13 heteroatoms. The molecule has 1 saturated heterocycles. The lowest BCUT2D eigenvalue weighted by molar-refractivity contribution is -0.191. The first-order valence-electron chi connectivity index (χ1n) is 16.1. The number of ether oxygens (including phenoxy) is 2. The first-order chi connectivity index (χ1) is 22.4. The van der Waals surface area contributed by atoms with Crippen molar-refractivity contribution in [3.05, 3.63) is 62.9 Å². The largest absolute Gasteiger partial charge is 0.457 e. The summed E-state index contributed by atoms with van der Waals surface area (Å²) in [4.78, 5) is 73.7. The van der Waals surface area contributed by atoms with Gasteiger partial charge in [0.05, 0.1) is 29.0 Å². The summed E-state index contributed by atoms with van der Waals surface area (Å²) in [5, 5.41) is 3.75. The van der Waals surface area contributed by atoms with Crippen LogP contribution in [0.3, 0.4) is 0 Å². The van der Waals surface area contributed by atoms with E-state index in [1.54, 1.807) is 31.4 Å². The predicted molar refractivity (Wildman–Crippen MR) is 173 cm³/mol. The standard InChI is InChI=1S/C34H38BN5O7/c1-5-18-19-10-7-8-11-23(19)37-27-20(18)15-40-25(27)14-22-21(30(40)42)16-46-33(45)34(22,6-2)47-32(44)26(17(3)4)38-29(41)24-12-9-13-39(24)31(43)28(35)36/h7-8,10-11,14,17,24,26,28H,5-6,9,12-13,15-16,36H2,1-4H3,(H,38,41). The molecule has 3 N–H and O–H groups in total. The highest BCUT2D eigenvalue weighted by Crippen LogP contribution is 2.42. The number of nitrogens with one attached hydrogen (secondary N) is 1. The lowest BCUT2D eigenvalue weighted by Crippen LogP contribution is -2.56. The van der Waals surface area contributed by atoms with E-state index >= 15 is 0 Å². The van der Waals surface area contributed by atoms with Crippen molar-refractivity contribution in [3.8, 4) is 11.4 Å². The Labute approximate surface area is 273 Å². The van der Waals surface area contributed by atoms with Crippen LogP contribution in [0, 0.1) is 5.92 Å². The number of aryl methyl sites for hydroxylation is 1. The molecule has 1 aromatic carbocycles. The number of amides is 2. The van der Waals surface area contributed by atoms with Crippen LogP contribution in [0.2, 0.25) is 0 Å². The van der Waals surface area contributed by atoms with E-state index in [4.69, 9.17) is 28.0 Å². The van der Waals surface area contributed by atoms with Gasteiger partial charge in [-0.3, -0.25) is 14.4 Å². The van der Waals surface area contributed by atoms with Gasteiger partial charge in [-0.05, 0) is 49.3 Å². The third-order valence-corrected chi connectivity index (χ3v) is 9.65. The fraction of sp³-hybridized carbons (Fsp3) is 0.471. The molecule has 1 fully saturated rings. The molecule has 2 aromatic heterocycles. The molecule has 2 amide bonds. The van der Waals surface area contributed by atoms with Gasteiger partial charge in [-0.25, -0.2) is 14.6 Å². The van der Waals surface area contributed by atoms with Crippen LogP contribution in [0.1, 0.15) is 69.2 Å². The molecule has 3 aliphatic rings. The minimum Gasteiger partial charge on any atom is -0.457 e. The maximum atomic E-state index is 14.0. The van der Waals surface area contributed by atoms with Crippen LogP contribution in [0.5, 0.6) is 0 Å². The van der Waals surface area contributed by atoms with Crippen molar-refractivity contribution < 1.29 is 28.7 Å². The van der Waals surface area contributed by atoms with E-state index in [0.717, 1.165) is 28.5 Å². The Kier molecular flexibility index (Phi) is 8.46. The average Bonchev–Trinajstić information content (AvgIpc) is 3.69. The smallest absolute Gasteiger partial charge is 0.355 e. The SMILES string of the molecule is [B]C(N)C(=O)N1CCCC1C(=O)NC(C(=O)OC1(CC)C(=O)OCc2c1cc1n(c2=O)Cc2c-1nc1ccccc1c2CC)C(C)C. The molecule has 0 saturated carbocycles. The number of rotatable bonds is 8. The van der Waals surface area contributed by atoms with Gasteiger partial charge in [0, 0.05) is 29.0 Å². The number of aromatic nitrogens is 2. The van der Waals surface area contributed by atoms with E-state index in [2.05, 4.69) is 12.2 Å². The Morgan fingerprint density at radius 1 is 1.19 bits per heavy atom. The number of para-hydroxylation sites is 1. The molecule has 3 aromatic rings. The number of esters is 2. The number of nitrogens with zero attached hydrogens (tertiary/aromatic N) is 3. The van der Waals surface area contributed by atoms with Crippen molar-refractivity contribution in [2.24, 2.45) is 11.7 Å². The molecule has 4 atom stereocenters. The van der Waals surface area contributed by atoms with E-state index in [9.17, 15) is 24.0 Å². The number of likely N-dealkylation sites (tertiary alicyclic amines) is 1. The molecular weight excluding hydrogens is 601 g/mol. The number of pyridine rings is 2. The minimum absolute atomic E-state index is 0.0241. The molecule has 0 spiro atoms. The summed E-state index contributed by atoms with van der Waals surface area (Å²) in [5.41, 5.74) is 7.78. The number of carbonyl (C=O) groups is 4. The highest BCUT2D eigenvalue weighted by atomic mass is 16.6. The van der Waals surface area contributed by atoms with Gasteiger partial charge >= 0.3 is 11.9 Å². The normalized spacial score (nSPS) is 21.1. The van der Waals surface area contributed by atoms with Gasteiger partial charge in [-0.15, -0.1) is 0 Å². The highest BCUT2D eigenvalue weighted by Gasteiger charge is 2.52. The zero-order valence-electron chi connectivity index (χ0n) is 27.0. The Hall–Kier alpha value is -4.52. The number of fused-ring (bicyclic) bond motifs is 5. The van der Waals surface area contributed by atoms with Gasteiger partial charge in [0.1, 0.15) is 26.5 Å². The molecule has 0 bridgehead atoms. The second kappa shape index (κ2) is 12.3. The van der Waals surface area contributed by atoms with Gasteiger partial charge < -0.3 is 30.0 Å². The summed E-state index contributed by atoms with van der Waals surface area (Å²) in [6, 6.07) is 7.51. The second-order valence-corrected chi connectivity index (χ2v) is 12.7. The molecule has 0 aliphatic carbocycles. The van der Waals surface area contributed by atoms with Crippen LogP contribution in [0.25, 0.3) is 22.3 Å². The number of cyclic esters (lactones) is 1. The highest BCUT2D eigenvalue weighted by molar-refractivity contribution is 6.23. The molecule has 4 unspecified atom stereocenters. The van der Waals surface area contributed by atoms with E-state index in [1.165, 1.54) is 4.90 Å². The van der Waals surface area contributed by atoms with Gasteiger partial charge in [-0.1, -0.05) is 45.9 Å². The van der Waals surface area contributed by atoms with E-state index in [-0.39, 0.29) is 29.7 Å². The first-order valence-corrected chi connectivity index (χ1v) is 16.1. The molecule has 2 radical (unpaired) electrons. The lowest BCUT2D eigenvalue weighted by atomic mass is 9.85. The quantitative estimate of drug-likeness (QED) is 0.216. The number of nitrogens with two attached hydrogens (primary N) is 1. The van der Waals surface area contributed by atoms with E-state index in [0.29, 0.717) is 37.3 Å². The summed E-state index contributed by atoms with van der Waals surface area (Å²) in [6.07, 6.45) is 1.66. The number of benzene rings is 1. The van der Waals surface area contributed by atoms with Crippen LogP contribution in [0.15, 0.2) is 35.1 Å². The van der Waals surface area contributed by atoms with E-state index < -0.39 is 53.3 Å². The molecule has 244 valence electrons. The summed E-state index contributed by atoms with van der Waals surface area (Å²) in [6.45, 7) is 7.55. The van der Waals surface area contributed by atoms with Gasteiger partial charge in [-0.2, -0.15) is 0 Å². The summed E-state index contributed by atoms with van der Waals surface area (Å²) >= 11 is 0. The third kappa shape index (κ3) is 5.20. The van der Waals surface area contributed by atoms with Crippen molar-refractivity contribution >= 4 is 42.5 Å². The average molecular weight is 640 g/mol. The summed E-state index contributed by atoms with van der Waals surface area (Å²) in [7, 11) is 5.58. The first kappa shape index (κ1) is 32.4. The minimum atomic E-state index is -1.94. The van der Waals surface area contributed by atoms with Gasteiger partial charge in [0.25, 0.3) is 5.56 Å². The Morgan fingerprint density at radius 2 is 1.94 bits per heavy atom. The number of hydrogen-bond donors (Lipinski definition) is 2. The van der Waals surface area contributed by atoms with Crippen molar-refractivity contribution in [1.29, 1.82) is 0 Å². The topological polar surface area (TPSA) is 163 Å². The third-order valence-electron chi connectivity index (χ3n) is 9.65. The molecule has 6 rings (SSSR count). The molecule has 5 heterocycles. The predicted octanol–water partition coefficient (Wildman–Crippen LogP) is 1.78. The molecular formula is C34H38BN5O7. The molecule has 47 heavy (non-hydrogen) atoms. The zero-order valence-corrected chi connectivity index (χ0v) is 27.0. The van der Waals surface area contributed by atoms with E-state index in [1.807, 2.05) is 24.3 Å². The molecule has 12 nitrogen and oxygen atoms in total. The maximum absolute atomic E-state index is 14.0. The molecule has 3 aliphatic heterocycles. The Bertz CT molecular complexity index is 1870. The van der Waals surface area contributed by atoms with Crippen molar-refractivity contribution in [2.75, 3.05) is 6.54 Å².